The highest BCUT2D eigenvalue weighted by Gasteiger charge is 2.20. The van der Waals surface area contributed by atoms with Crippen molar-refractivity contribution >= 4 is 22.9 Å². The van der Waals surface area contributed by atoms with Crippen molar-refractivity contribution in [2.75, 3.05) is 11.4 Å². The minimum absolute atomic E-state index is 0.170. The van der Waals surface area contributed by atoms with Gasteiger partial charge in [0.1, 0.15) is 16.6 Å². The Morgan fingerprint density at radius 2 is 1.95 bits per heavy atom. The van der Waals surface area contributed by atoms with Crippen LogP contribution >= 0.6 is 12.2 Å². The molecule has 0 spiro atoms. The van der Waals surface area contributed by atoms with Gasteiger partial charge < -0.3 is 10.6 Å². The number of anilines is 1. The zero-order valence-corrected chi connectivity index (χ0v) is 12.1. The van der Waals surface area contributed by atoms with E-state index >= 15 is 0 Å². The maximum Gasteiger partial charge on any atom is 0.125 e. The average molecular weight is 304 g/mol. The summed E-state index contributed by atoms with van der Waals surface area (Å²) in [5.41, 5.74) is 8.83. The fraction of sp³-hybridized carbons (Fsp3) is 0.188. The van der Waals surface area contributed by atoms with Gasteiger partial charge in [0.2, 0.25) is 0 Å². The Morgan fingerprint density at radius 1 is 1.14 bits per heavy atom. The molecule has 1 heterocycles. The Labute approximate surface area is 127 Å². The SMILES string of the molecule is NC(=S)c1cc(F)cc(CN2CCc3ccc(F)cc32)c1. The van der Waals surface area contributed by atoms with Gasteiger partial charge in [-0.25, -0.2) is 8.78 Å². The van der Waals surface area contributed by atoms with Crippen molar-refractivity contribution in [2.45, 2.75) is 13.0 Å². The van der Waals surface area contributed by atoms with E-state index in [1.165, 1.54) is 24.3 Å². The Bertz CT molecular complexity index is 715. The number of thiocarbonyl (C=S) groups is 1. The smallest absolute Gasteiger partial charge is 0.125 e. The third-order valence-corrected chi connectivity index (χ3v) is 3.89. The third kappa shape index (κ3) is 2.88. The fourth-order valence-electron chi connectivity index (χ4n) is 2.69. The van der Waals surface area contributed by atoms with Crippen molar-refractivity contribution in [3.8, 4) is 0 Å². The molecule has 5 heteroatoms. The minimum atomic E-state index is -0.367. The monoisotopic (exact) mass is 304 g/mol. The van der Waals surface area contributed by atoms with Crippen LogP contribution in [0, 0.1) is 11.6 Å². The number of nitrogens with two attached hydrogens (primary N) is 1. The molecule has 108 valence electrons. The van der Waals surface area contributed by atoms with Gasteiger partial charge in [0.05, 0.1) is 0 Å². The van der Waals surface area contributed by atoms with Crippen LogP contribution in [0.2, 0.25) is 0 Å². The lowest BCUT2D eigenvalue weighted by Crippen LogP contribution is -2.20. The van der Waals surface area contributed by atoms with Crippen LogP contribution in [0.5, 0.6) is 0 Å². The summed E-state index contributed by atoms with van der Waals surface area (Å²) >= 11 is 4.89. The molecule has 1 aliphatic heterocycles. The van der Waals surface area contributed by atoms with E-state index in [0.29, 0.717) is 12.1 Å². The molecule has 0 fully saturated rings. The average Bonchev–Trinajstić information content (AvgIpc) is 2.80. The van der Waals surface area contributed by atoms with E-state index in [1.807, 2.05) is 4.90 Å². The normalized spacial score (nSPS) is 13.3. The molecule has 0 radical (unpaired) electrons. The van der Waals surface area contributed by atoms with Gasteiger partial charge in [-0.15, -0.1) is 0 Å². The molecule has 0 saturated heterocycles. The number of hydrogen-bond acceptors (Lipinski definition) is 2. The topological polar surface area (TPSA) is 29.3 Å². The second-order valence-electron chi connectivity index (χ2n) is 5.16. The van der Waals surface area contributed by atoms with Gasteiger partial charge in [-0.1, -0.05) is 18.3 Å². The standard InChI is InChI=1S/C16H14F2N2S/c17-13-2-1-11-3-4-20(15(11)8-13)9-10-5-12(16(19)21)7-14(18)6-10/h1-2,5-8H,3-4,9H2,(H2,19,21). The maximum atomic E-state index is 13.6. The van der Waals surface area contributed by atoms with Gasteiger partial charge in [-0.05, 0) is 47.9 Å². The van der Waals surface area contributed by atoms with Crippen LogP contribution in [-0.4, -0.2) is 11.5 Å². The summed E-state index contributed by atoms with van der Waals surface area (Å²) in [4.78, 5) is 2.21. The van der Waals surface area contributed by atoms with E-state index in [-0.39, 0.29) is 16.6 Å². The van der Waals surface area contributed by atoms with Crippen LogP contribution in [0.25, 0.3) is 0 Å². The minimum Gasteiger partial charge on any atom is -0.389 e. The summed E-state index contributed by atoms with van der Waals surface area (Å²) in [5.74, 6) is -0.627. The van der Waals surface area contributed by atoms with Crippen LogP contribution in [0.4, 0.5) is 14.5 Å². The molecule has 0 aliphatic carbocycles. The molecule has 0 aromatic heterocycles. The zero-order valence-electron chi connectivity index (χ0n) is 11.3. The predicted octanol–water partition coefficient (Wildman–Crippen LogP) is 3.16. The van der Waals surface area contributed by atoms with Gasteiger partial charge >= 0.3 is 0 Å². The molecule has 0 atom stereocenters. The van der Waals surface area contributed by atoms with E-state index in [4.69, 9.17) is 18.0 Å². The first kappa shape index (κ1) is 13.9. The molecule has 3 rings (SSSR count). The number of halogens is 2. The lowest BCUT2D eigenvalue weighted by molar-refractivity contribution is 0.623. The highest BCUT2D eigenvalue weighted by atomic mass is 32.1. The number of hydrogen-bond donors (Lipinski definition) is 1. The van der Waals surface area contributed by atoms with Crippen LogP contribution in [0.15, 0.2) is 36.4 Å². The molecular formula is C16H14F2N2S. The Morgan fingerprint density at radius 3 is 2.71 bits per heavy atom. The lowest BCUT2D eigenvalue weighted by Gasteiger charge is -2.20. The van der Waals surface area contributed by atoms with E-state index in [9.17, 15) is 8.78 Å². The lowest BCUT2D eigenvalue weighted by atomic mass is 10.1. The Kier molecular flexibility index (Phi) is 3.59. The van der Waals surface area contributed by atoms with Crippen molar-refractivity contribution < 1.29 is 8.78 Å². The predicted molar refractivity (Wildman–Crippen MR) is 83.4 cm³/mol. The summed E-state index contributed by atoms with van der Waals surface area (Å²) < 4.78 is 27.0. The summed E-state index contributed by atoms with van der Waals surface area (Å²) in [6.07, 6.45) is 0.868. The van der Waals surface area contributed by atoms with Crippen molar-refractivity contribution in [2.24, 2.45) is 5.73 Å². The second-order valence-corrected chi connectivity index (χ2v) is 5.60. The van der Waals surface area contributed by atoms with Crippen molar-refractivity contribution in [3.05, 3.63) is 64.7 Å². The van der Waals surface area contributed by atoms with Gasteiger partial charge in [-0.3, -0.25) is 0 Å². The first-order valence-electron chi connectivity index (χ1n) is 6.65. The van der Waals surface area contributed by atoms with Crippen LogP contribution in [0.3, 0.4) is 0 Å². The molecule has 2 aromatic rings. The molecule has 0 unspecified atom stereocenters. The third-order valence-electron chi connectivity index (χ3n) is 3.65. The van der Waals surface area contributed by atoms with Crippen molar-refractivity contribution in [1.29, 1.82) is 0 Å². The first-order valence-corrected chi connectivity index (χ1v) is 7.06. The van der Waals surface area contributed by atoms with Crippen molar-refractivity contribution in [1.82, 2.24) is 0 Å². The summed E-state index contributed by atoms with van der Waals surface area (Å²) in [6.45, 7) is 1.29. The molecule has 2 aromatic carbocycles. The summed E-state index contributed by atoms with van der Waals surface area (Å²) in [6, 6.07) is 9.35. The Balaban J connectivity index is 1.89. The summed E-state index contributed by atoms with van der Waals surface area (Å²) in [5, 5.41) is 0. The summed E-state index contributed by atoms with van der Waals surface area (Å²) in [7, 11) is 0. The molecule has 2 N–H and O–H groups in total. The Hall–Kier alpha value is -2.01. The van der Waals surface area contributed by atoms with Gasteiger partial charge in [0, 0.05) is 24.3 Å². The van der Waals surface area contributed by atoms with Crippen LogP contribution in [0.1, 0.15) is 16.7 Å². The quantitative estimate of drug-likeness (QED) is 0.883. The van der Waals surface area contributed by atoms with Gasteiger partial charge in [-0.2, -0.15) is 0 Å². The number of benzene rings is 2. The molecule has 1 aliphatic rings. The zero-order chi connectivity index (χ0) is 15.0. The molecule has 0 bridgehead atoms. The molecule has 0 saturated carbocycles. The van der Waals surface area contributed by atoms with Crippen molar-refractivity contribution in [3.63, 3.8) is 0 Å². The highest BCUT2D eigenvalue weighted by molar-refractivity contribution is 7.80. The van der Waals surface area contributed by atoms with Crippen LogP contribution < -0.4 is 10.6 Å². The molecular weight excluding hydrogens is 290 g/mol. The largest absolute Gasteiger partial charge is 0.389 e. The van der Waals surface area contributed by atoms with E-state index in [1.54, 1.807) is 12.1 Å². The maximum absolute atomic E-state index is 13.6. The second kappa shape index (κ2) is 5.41. The first-order chi connectivity index (χ1) is 10.0. The molecule has 21 heavy (non-hydrogen) atoms. The van der Waals surface area contributed by atoms with Gasteiger partial charge in [0.25, 0.3) is 0 Å². The number of nitrogens with zero attached hydrogens (tertiary/aromatic N) is 1. The van der Waals surface area contributed by atoms with E-state index in [2.05, 4.69) is 0 Å². The van der Waals surface area contributed by atoms with Crippen LogP contribution in [-0.2, 0) is 13.0 Å². The number of rotatable bonds is 3. The van der Waals surface area contributed by atoms with E-state index < -0.39 is 0 Å². The number of fused-ring (bicyclic) bond motifs is 1. The van der Waals surface area contributed by atoms with E-state index in [0.717, 1.165) is 29.8 Å². The fourth-order valence-corrected chi connectivity index (χ4v) is 2.81. The highest BCUT2D eigenvalue weighted by Crippen LogP contribution is 2.30. The van der Waals surface area contributed by atoms with Gasteiger partial charge in [0.15, 0.2) is 0 Å². The molecule has 2 nitrogen and oxygen atoms in total. The molecule has 0 amide bonds.